The van der Waals surface area contributed by atoms with Crippen molar-refractivity contribution in [1.29, 1.82) is 0 Å². The molecule has 94 valence electrons. The Balaban J connectivity index is 1.83. The Morgan fingerprint density at radius 2 is 2.35 bits per heavy atom. The number of carbonyl (C=O) groups excluding carboxylic acids is 1. The van der Waals surface area contributed by atoms with E-state index in [0.717, 1.165) is 37.4 Å². The monoisotopic (exact) mass is 255 g/mol. The van der Waals surface area contributed by atoms with Crippen LogP contribution >= 0.6 is 11.7 Å². The van der Waals surface area contributed by atoms with Crippen LogP contribution in [0.15, 0.2) is 6.20 Å². The first kappa shape index (κ1) is 12.4. The molecule has 0 unspecified atom stereocenters. The fourth-order valence-electron chi connectivity index (χ4n) is 2.08. The molecule has 0 atom stereocenters. The zero-order valence-electron chi connectivity index (χ0n) is 9.85. The van der Waals surface area contributed by atoms with E-state index in [4.69, 9.17) is 0 Å². The number of nitrogens with zero attached hydrogens (tertiary/aromatic N) is 2. The highest BCUT2D eigenvalue weighted by atomic mass is 32.1. The Morgan fingerprint density at radius 1 is 1.65 bits per heavy atom. The van der Waals surface area contributed by atoms with Crippen LogP contribution in [-0.2, 0) is 0 Å². The Morgan fingerprint density at radius 3 is 2.94 bits per heavy atom. The van der Waals surface area contributed by atoms with Crippen LogP contribution < -0.4 is 5.32 Å². The molecule has 1 fully saturated rings. The van der Waals surface area contributed by atoms with E-state index < -0.39 is 5.60 Å². The summed E-state index contributed by atoms with van der Waals surface area (Å²) in [5.74, 6) is 0.416. The van der Waals surface area contributed by atoms with Crippen molar-refractivity contribution in [1.82, 2.24) is 14.1 Å². The third-order valence-corrected chi connectivity index (χ3v) is 3.85. The van der Waals surface area contributed by atoms with Gasteiger partial charge >= 0.3 is 0 Å². The zero-order valence-corrected chi connectivity index (χ0v) is 10.7. The number of nitrogens with one attached hydrogen (secondary N) is 1. The van der Waals surface area contributed by atoms with E-state index in [-0.39, 0.29) is 5.91 Å². The number of aromatic nitrogens is 2. The van der Waals surface area contributed by atoms with Gasteiger partial charge in [-0.15, -0.1) is 0 Å². The van der Waals surface area contributed by atoms with Gasteiger partial charge in [0.05, 0.1) is 23.5 Å². The standard InChI is InChI=1S/C11H17N3O2S/c1-8-2-4-11(16,5-3-8)7-12-10(15)9-6-13-17-14-9/h6,8,16H,2-5,7H2,1H3,(H,12,15). The van der Waals surface area contributed by atoms with E-state index in [2.05, 4.69) is 21.0 Å². The van der Waals surface area contributed by atoms with Gasteiger partial charge in [0.1, 0.15) is 0 Å². The first-order valence-electron chi connectivity index (χ1n) is 5.87. The largest absolute Gasteiger partial charge is 0.388 e. The summed E-state index contributed by atoms with van der Waals surface area (Å²) in [4.78, 5) is 11.6. The zero-order chi connectivity index (χ0) is 12.3. The average molecular weight is 255 g/mol. The summed E-state index contributed by atoms with van der Waals surface area (Å²) in [7, 11) is 0. The average Bonchev–Trinajstić information content (AvgIpc) is 2.84. The predicted octanol–water partition coefficient (Wildman–Crippen LogP) is 1.21. The van der Waals surface area contributed by atoms with Gasteiger partial charge in [0, 0.05) is 6.54 Å². The second-order valence-corrected chi connectivity index (χ2v) is 5.44. The molecule has 17 heavy (non-hydrogen) atoms. The lowest BCUT2D eigenvalue weighted by molar-refractivity contribution is -0.00542. The summed E-state index contributed by atoms with van der Waals surface area (Å²) in [6.45, 7) is 2.50. The van der Waals surface area contributed by atoms with Crippen molar-refractivity contribution >= 4 is 17.6 Å². The molecular weight excluding hydrogens is 238 g/mol. The van der Waals surface area contributed by atoms with Crippen LogP contribution in [0.25, 0.3) is 0 Å². The van der Waals surface area contributed by atoms with E-state index in [1.165, 1.54) is 6.20 Å². The van der Waals surface area contributed by atoms with E-state index in [9.17, 15) is 9.90 Å². The molecular formula is C11H17N3O2S. The first-order chi connectivity index (χ1) is 8.09. The Hall–Kier alpha value is -1.01. The molecule has 1 heterocycles. The molecule has 1 aromatic heterocycles. The van der Waals surface area contributed by atoms with E-state index in [0.29, 0.717) is 18.2 Å². The quantitative estimate of drug-likeness (QED) is 0.851. The lowest BCUT2D eigenvalue weighted by Gasteiger charge is -2.34. The minimum absolute atomic E-state index is 0.259. The molecule has 0 spiro atoms. The number of aliphatic hydroxyl groups is 1. The Kier molecular flexibility index (Phi) is 3.73. The van der Waals surface area contributed by atoms with E-state index >= 15 is 0 Å². The van der Waals surface area contributed by atoms with Gasteiger partial charge in [-0.1, -0.05) is 6.92 Å². The maximum atomic E-state index is 11.6. The Labute approximate surface area is 105 Å². The van der Waals surface area contributed by atoms with Crippen LogP contribution in [0, 0.1) is 5.92 Å². The van der Waals surface area contributed by atoms with Crippen molar-refractivity contribution in [3.8, 4) is 0 Å². The highest BCUT2D eigenvalue weighted by molar-refractivity contribution is 6.99. The van der Waals surface area contributed by atoms with Gasteiger partial charge in [0.2, 0.25) is 0 Å². The maximum Gasteiger partial charge on any atom is 0.272 e. The first-order valence-corrected chi connectivity index (χ1v) is 6.60. The van der Waals surface area contributed by atoms with Gasteiger partial charge in [-0.2, -0.15) is 8.75 Å². The topological polar surface area (TPSA) is 75.1 Å². The van der Waals surface area contributed by atoms with Gasteiger partial charge in [-0.3, -0.25) is 4.79 Å². The third-order valence-electron chi connectivity index (χ3n) is 3.38. The van der Waals surface area contributed by atoms with Crippen LogP contribution in [0.1, 0.15) is 43.1 Å². The normalized spacial score (nSPS) is 28.9. The summed E-state index contributed by atoms with van der Waals surface area (Å²) >= 11 is 1.01. The molecule has 6 heteroatoms. The van der Waals surface area contributed by atoms with Crippen molar-refractivity contribution in [3.63, 3.8) is 0 Å². The summed E-state index contributed by atoms with van der Waals surface area (Å²) < 4.78 is 7.62. The van der Waals surface area contributed by atoms with Gasteiger partial charge < -0.3 is 10.4 Å². The van der Waals surface area contributed by atoms with E-state index in [1.807, 2.05) is 0 Å². The number of hydrogen-bond acceptors (Lipinski definition) is 5. The molecule has 0 saturated heterocycles. The fourth-order valence-corrected chi connectivity index (χ4v) is 2.49. The minimum atomic E-state index is -0.744. The molecule has 1 saturated carbocycles. The number of amides is 1. The predicted molar refractivity (Wildman–Crippen MR) is 64.8 cm³/mol. The summed E-state index contributed by atoms with van der Waals surface area (Å²) in [5, 5.41) is 13.0. The summed E-state index contributed by atoms with van der Waals surface area (Å²) in [6.07, 6.45) is 4.98. The van der Waals surface area contributed by atoms with Gasteiger partial charge in [-0.05, 0) is 31.6 Å². The fraction of sp³-hybridized carbons (Fsp3) is 0.727. The lowest BCUT2D eigenvalue weighted by atomic mass is 9.79. The van der Waals surface area contributed by atoms with Crippen molar-refractivity contribution < 1.29 is 9.90 Å². The van der Waals surface area contributed by atoms with Crippen LogP contribution in [0.4, 0.5) is 0 Å². The molecule has 1 aliphatic carbocycles. The summed E-state index contributed by atoms with van der Waals surface area (Å²) in [6, 6.07) is 0. The molecule has 2 rings (SSSR count). The smallest absolute Gasteiger partial charge is 0.272 e. The molecule has 1 amide bonds. The molecule has 2 N–H and O–H groups in total. The number of hydrogen-bond donors (Lipinski definition) is 2. The van der Waals surface area contributed by atoms with E-state index in [1.54, 1.807) is 0 Å². The van der Waals surface area contributed by atoms with Crippen LogP contribution in [-0.4, -0.2) is 31.9 Å². The van der Waals surface area contributed by atoms with Gasteiger partial charge in [0.25, 0.3) is 5.91 Å². The van der Waals surface area contributed by atoms with Crippen molar-refractivity contribution in [2.75, 3.05) is 6.54 Å². The van der Waals surface area contributed by atoms with Crippen molar-refractivity contribution in [2.45, 2.75) is 38.2 Å². The molecule has 0 aromatic carbocycles. The van der Waals surface area contributed by atoms with Crippen LogP contribution in [0.3, 0.4) is 0 Å². The SMILES string of the molecule is CC1CCC(O)(CNC(=O)c2cnsn2)CC1. The molecule has 0 radical (unpaired) electrons. The second kappa shape index (κ2) is 5.10. The van der Waals surface area contributed by atoms with Crippen molar-refractivity contribution in [2.24, 2.45) is 5.92 Å². The van der Waals surface area contributed by atoms with Gasteiger partial charge in [-0.25, -0.2) is 0 Å². The minimum Gasteiger partial charge on any atom is -0.388 e. The van der Waals surface area contributed by atoms with Crippen LogP contribution in [0.5, 0.6) is 0 Å². The molecule has 0 bridgehead atoms. The molecule has 0 aliphatic heterocycles. The molecule has 1 aliphatic rings. The van der Waals surface area contributed by atoms with Crippen molar-refractivity contribution in [3.05, 3.63) is 11.9 Å². The van der Waals surface area contributed by atoms with Gasteiger partial charge in [0.15, 0.2) is 5.69 Å². The molecule has 1 aromatic rings. The number of carbonyl (C=O) groups is 1. The summed E-state index contributed by atoms with van der Waals surface area (Å²) in [5.41, 5.74) is -0.422. The highest BCUT2D eigenvalue weighted by Crippen LogP contribution is 2.31. The molecule has 5 nitrogen and oxygen atoms in total. The lowest BCUT2D eigenvalue weighted by Crippen LogP contribution is -2.45. The van der Waals surface area contributed by atoms with Crippen LogP contribution in [0.2, 0.25) is 0 Å². The highest BCUT2D eigenvalue weighted by Gasteiger charge is 2.32. The Bertz CT molecular complexity index is 372. The number of rotatable bonds is 3. The third kappa shape index (κ3) is 3.23. The maximum absolute atomic E-state index is 11.6. The second-order valence-electron chi connectivity index (χ2n) is 4.88.